The number of carbonyl (C=O) groups excluding carboxylic acids is 2. The van der Waals surface area contributed by atoms with Crippen LogP contribution in [0, 0.1) is 13.8 Å². The average Bonchev–Trinajstić information content (AvgIpc) is 2.49. The smallest absolute Gasteiger partial charge is 0.359 e. The van der Waals surface area contributed by atoms with Gasteiger partial charge in [0.05, 0.1) is 0 Å². The van der Waals surface area contributed by atoms with Crippen LogP contribution < -0.4 is 5.56 Å². The highest BCUT2D eigenvalue weighted by molar-refractivity contribution is 6.00. The number of aromatic nitrogens is 2. The molecule has 0 unspecified atom stereocenters. The van der Waals surface area contributed by atoms with Crippen LogP contribution in [0.25, 0.3) is 0 Å². The minimum Gasteiger partial charge on any atom is -0.453 e. The standard InChI is InChI=1S/C16H16N2O4/c1-10-4-5-11(2)12(8-10)14(19)9-22-16(21)13-6-7-15(20)18(3)17-13/h4-8H,9H2,1-3H3. The highest BCUT2D eigenvalue weighted by Crippen LogP contribution is 2.11. The number of esters is 1. The van der Waals surface area contributed by atoms with Crippen LogP contribution in [-0.2, 0) is 11.8 Å². The van der Waals surface area contributed by atoms with E-state index in [1.807, 2.05) is 26.0 Å². The monoisotopic (exact) mass is 300 g/mol. The van der Waals surface area contributed by atoms with Gasteiger partial charge in [0.25, 0.3) is 5.56 Å². The van der Waals surface area contributed by atoms with Crippen LogP contribution in [0.2, 0.25) is 0 Å². The minimum absolute atomic E-state index is 0.0177. The first-order chi connectivity index (χ1) is 10.4. The maximum Gasteiger partial charge on any atom is 0.359 e. The van der Waals surface area contributed by atoms with E-state index in [0.717, 1.165) is 15.8 Å². The van der Waals surface area contributed by atoms with E-state index in [1.54, 1.807) is 6.07 Å². The zero-order valence-electron chi connectivity index (χ0n) is 12.6. The zero-order valence-corrected chi connectivity index (χ0v) is 12.6. The molecule has 0 aliphatic rings. The molecule has 2 aromatic rings. The Hall–Kier alpha value is -2.76. The van der Waals surface area contributed by atoms with Gasteiger partial charge in [-0.15, -0.1) is 0 Å². The summed E-state index contributed by atoms with van der Waals surface area (Å²) in [6.07, 6.45) is 0. The lowest BCUT2D eigenvalue weighted by Crippen LogP contribution is -2.23. The fourth-order valence-electron chi connectivity index (χ4n) is 1.93. The number of hydrogen-bond donors (Lipinski definition) is 0. The van der Waals surface area contributed by atoms with Crippen molar-refractivity contribution in [1.82, 2.24) is 9.78 Å². The second kappa shape index (κ2) is 6.34. The van der Waals surface area contributed by atoms with Crippen molar-refractivity contribution < 1.29 is 14.3 Å². The van der Waals surface area contributed by atoms with E-state index in [1.165, 1.54) is 19.2 Å². The number of nitrogens with zero attached hydrogens (tertiary/aromatic N) is 2. The van der Waals surface area contributed by atoms with Gasteiger partial charge in [0.2, 0.25) is 5.78 Å². The van der Waals surface area contributed by atoms with Gasteiger partial charge in [0, 0.05) is 18.7 Å². The van der Waals surface area contributed by atoms with Gasteiger partial charge >= 0.3 is 5.97 Å². The molecular weight excluding hydrogens is 284 g/mol. The molecule has 6 nitrogen and oxygen atoms in total. The predicted molar refractivity (Wildman–Crippen MR) is 80.0 cm³/mol. The molecule has 0 N–H and O–H groups in total. The number of ketones is 1. The molecule has 0 radical (unpaired) electrons. The Bertz CT molecular complexity index is 793. The Balaban J connectivity index is 2.07. The molecule has 0 fully saturated rings. The summed E-state index contributed by atoms with van der Waals surface area (Å²) < 4.78 is 6.00. The molecule has 22 heavy (non-hydrogen) atoms. The van der Waals surface area contributed by atoms with Crippen molar-refractivity contribution >= 4 is 11.8 Å². The van der Waals surface area contributed by atoms with Crippen LogP contribution in [0.5, 0.6) is 0 Å². The predicted octanol–water partition coefficient (Wildman–Crippen LogP) is 1.44. The second-order valence-corrected chi connectivity index (χ2v) is 5.00. The third-order valence-corrected chi connectivity index (χ3v) is 3.20. The Kier molecular flexibility index (Phi) is 4.50. The number of carbonyl (C=O) groups is 2. The van der Waals surface area contributed by atoms with E-state index in [2.05, 4.69) is 5.10 Å². The molecule has 2 rings (SSSR count). The molecule has 1 aromatic carbocycles. The van der Waals surface area contributed by atoms with Gasteiger partial charge in [-0.05, 0) is 31.5 Å². The lowest BCUT2D eigenvalue weighted by molar-refractivity contribution is 0.0466. The fraction of sp³-hybridized carbons (Fsp3) is 0.250. The van der Waals surface area contributed by atoms with E-state index >= 15 is 0 Å². The van der Waals surface area contributed by atoms with E-state index in [4.69, 9.17) is 4.74 Å². The van der Waals surface area contributed by atoms with Gasteiger partial charge in [-0.3, -0.25) is 9.59 Å². The van der Waals surface area contributed by atoms with Crippen molar-refractivity contribution in [3.05, 3.63) is 63.1 Å². The summed E-state index contributed by atoms with van der Waals surface area (Å²) in [5, 5.41) is 3.77. The Morgan fingerprint density at radius 3 is 2.59 bits per heavy atom. The summed E-state index contributed by atoms with van der Waals surface area (Å²) >= 11 is 0. The highest BCUT2D eigenvalue weighted by atomic mass is 16.5. The van der Waals surface area contributed by atoms with Gasteiger partial charge in [0.15, 0.2) is 12.3 Å². The highest BCUT2D eigenvalue weighted by Gasteiger charge is 2.15. The summed E-state index contributed by atoms with van der Waals surface area (Å²) in [4.78, 5) is 35.2. The maximum absolute atomic E-state index is 12.1. The van der Waals surface area contributed by atoms with Gasteiger partial charge in [-0.1, -0.05) is 17.7 Å². The number of benzene rings is 1. The first kappa shape index (κ1) is 15.6. The van der Waals surface area contributed by atoms with Crippen molar-refractivity contribution in [2.24, 2.45) is 7.05 Å². The van der Waals surface area contributed by atoms with E-state index in [9.17, 15) is 14.4 Å². The summed E-state index contributed by atoms with van der Waals surface area (Å²) in [5.41, 5.74) is 1.96. The van der Waals surface area contributed by atoms with Crippen LogP contribution >= 0.6 is 0 Å². The van der Waals surface area contributed by atoms with Crippen molar-refractivity contribution in [3.63, 3.8) is 0 Å². The summed E-state index contributed by atoms with van der Waals surface area (Å²) in [5.74, 6) is -1.02. The van der Waals surface area contributed by atoms with Gasteiger partial charge in [-0.2, -0.15) is 5.10 Å². The molecule has 6 heteroatoms. The molecule has 0 aliphatic heterocycles. The molecule has 0 saturated carbocycles. The molecule has 0 atom stereocenters. The van der Waals surface area contributed by atoms with Crippen LogP contribution in [0.4, 0.5) is 0 Å². The van der Waals surface area contributed by atoms with Gasteiger partial charge in [-0.25, -0.2) is 9.48 Å². The quantitative estimate of drug-likeness (QED) is 0.630. The van der Waals surface area contributed by atoms with E-state index in [0.29, 0.717) is 5.56 Å². The molecule has 1 heterocycles. The molecule has 0 bridgehead atoms. The van der Waals surface area contributed by atoms with Crippen molar-refractivity contribution in [2.75, 3.05) is 6.61 Å². The molecular formula is C16H16N2O4. The molecule has 1 aromatic heterocycles. The normalized spacial score (nSPS) is 10.3. The third-order valence-electron chi connectivity index (χ3n) is 3.20. The number of aryl methyl sites for hydroxylation is 3. The summed E-state index contributed by atoms with van der Waals surface area (Å²) in [7, 11) is 1.43. The lowest BCUT2D eigenvalue weighted by Gasteiger charge is -2.07. The Morgan fingerprint density at radius 2 is 1.91 bits per heavy atom. The molecule has 0 aliphatic carbocycles. The first-order valence-electron chi connectivity index (χ1n) is 6.70. The number of Topliss-reactive ketones (excluding diaryl/α,β-unsaturated/α-hetero) is 1. The van der Waals surface area contributed by atoms with Gasteiger partial charge < -0.3 is 4.74 Å². The average molecular weight is 300 g/mol. The number of hydrogen-bond acceptors (Lipinski definition) is 5. The first-order valence-corrected chi connectivity index (χ1v) is 6.70. The fourth-order valence-corrected chi connectivity index (χ4v) is 1.93. The van der Waals surface area contributed by atoms with Crippen molar-refractivity contribution in [2.45, 2.75) is 13.8 Å². The Morgan fingerprint density at radius 1 is 1.18 bits per heavy atom. The van der Waals surface area contributed by atoms with Crippen molar-refractivity contribution in [1.29, 1.82) is 0 Å². The minimum atomic E-state index is -0.741. The molecule has 0 saturated heterocycles. The van der Waals surface area contributed by atoms with E-state index < -0.39 is 5.97 Å². The molecule has 0 amide bonds. The maximum atomic E-state index is 12.1. The molecule has 114 valence electrons. The SMILES string of the molecule is Cc1ccc(C)c(C(=O)COC(=O)c2ccc(=O)n(C)n2)c1. The van der Waals surface area contributed by atoms with Crippen LogP contribution in [0.3, 0.4) is 0 Å². The zero-order chi connectivity index (χ0) is 16.3. The van der Waals surface area contributed by atoms with Crippen LogP contribution in [0.1, 0.15) is 32.0 Å². The lowest BCUT2D eigenvalue weighted by atomic mass is 10.0. The van der Waals surface area contributed by atoms with Crippen LogP contribution in [0.15, 0.2) is 35.1 Å². The summed E-state index contributed by atoms with van der Waals surface area (Å²) in [6.45, 7) is 3.34. The molecule has 0 spiro atoms. The van der Waals surface area contributed by atoms with E-state index in [-0.39, 0.29) is 23.6 Å². The van der Waals surface area contributed by atoms with Crippen molar-refractivity contribution in [3.8, 4) is 0 Å². The van der Waals surface area contributed by atoms with Crippen LogP contribution in [-0.4, -0.2) is 28.1 Å². The largest absolute Gasteiger partial charge is 0.453 e. The summed E-state index contributed by atoms with van der Waals surface area (Å²) in [6, 6.07) is 8.00. The Labute approximate surface area is 127 Å². The second-order valence-electron chi connectivity index (χ2n) is 5.00. The number of rotatable bonds is 4. The third kappa shape index (κ3) is 3.46. The number of ether oxygens (including phenoxy) is 1. The topological polar surface area (TPSA) is 78.3 Å². The van der Waals surface area contributed by atoms with Gasteiger partial charge in [0.1, 0.15) is 0 Å².